The normalized spacial score (nSPS) is 19.7. The molecule has 1 fully saturated rings. The molecule has 1 aromatic carbocycles. The van der Waals surface area contributed by atoms with Gasteiger partial charge in [0.1, 0.15) is 5.82 Å². The van der Waals surface area contributed by atoms with Gasteiger partial charge in [0, 0.05) is 5.92 Å². The SMILES string of the molecule is CC(C)c1nc(C(=O)N[C@@H]2COC[C@@H]2C(N)=O)nn1-c1ccccc1Cl. The van der Waals surface area contributed by atoms with Crippen molar-refractivity contribution in [2.45, 2.75) is 25.8 Å². The van der Waals surface area contributed by atoms with E-state index in [0.717, 1.165) is 0 Å². The molecule has 0 aliphatic carbocycles. The number of carbonyl (C=O) groups is 2. The van der Waals surface area contributed by atoms with Crippen LogP contribution in [-0.2, 0) is 9.53 Å². The number of carbonyl (C=O) groups excluding carboxylic acids is 2. The highest BCUT2D eigenvalue weighted by atomic mass is 35.5. The minimum atomic E-state index is -0.561. The molecule has 0 unspecified atom stereocenters. The summed E-state index contributed by atoms with van der Waals surface area (Å²) in [5.41, 5.74) is 5.99. The third kappa shape index (κ3) is 3.56. The van der Waals surface area contributed by atoms with Gasteiger partial charge < -0.3 is 15.8 Å². The van der Waals surface area contributed by atoms with Gasteiger partial charge in [-0.15, -0.1) is 5.10 Å². The van der Waals surface area contributed by atoms with Crippen LogP contribution in [0.15, 0.2) is 24.3 Å². The molecule has 1 aromatic heterocycles. The van der Waals surface area contributed by atoms with E-state index in [9.17, 15) is 9.59 Å². The molecule has 0 radical (unpaired) electrons. The molecule has 3 N–H and O–H groups in total. The second-order valence-electron chi connectivity index (χ2n) is 6.44. The number of amides is 2. The summed E-state index contributed by atoms with van der Waals surface area (Å²) in [7, 11) is 0. The summed E-state index contributed by atoms with van der Waals surface area (Å²) in [6.45, 7) is 4.32. The lowest BCUT2D eigenvalue weighted by atomic mass is 10.0. The summed E-state index contributed by atoms with van der Waals surface area (Å²) in [5.74, 6) is -0.923. The first-order chi connectivity index (χ1) is 12.4. The van der Waals surface area contributed by atoms with Gasteiger partial charge in [-0.3, -0.25) is 9.59 Å². The fraction of sp³-hybridized carbons (Fsp3) is 0.412. The lowest BCUT2D eigenvalue weighted by Crippen LogP contribution is -2.45. The van der Waals surface area contributed by atoms with E-state index in [1.807, 2.05) is 26.0 Å². The van der Waals surface area contributed by atoms with Gasteiger partial charge in [0.2, 0.25) is 11.7 Å². The van der Waals surface area contributed by atoms with Gasteiger partial charge in [-0.2, -0.15) is 0 Å². The fourth-order valence-electron chi connectivity index (χ4n) is 2.80. The lowest BCUT2D eigenvalue weighted by molar-refractivity contribution is -0.122. The first kappa shape index (κ1) is 18.3. The summed E-state index contributed by atoms with van der Waals surface area (Å²) in [4.78, 5) is 28.4. The number of nitrogens with two attached hydrogens (primary N) is 1. The van der Waals surface area contributed by atoms with Crippen LogP contribution in [-0.4, -0.2) is 45.8 Å². The number of halogens is 1. The summed E-state index contributed by atoms with van der Waals surface area (Å²) < 4.78 is 6.81. The number of aromatic nitrogens is 3. The number of primary amides is 1. The zero-order chi connectivity index (χ0) is 18.8. The standard InChI is InChI=1S/C17H20ClN5O3/c1-9(2)16-21-15(22-23(16)13-6-4-3-5-11(13)18)17(25)20-12-8-26-7-10(12)14(19)24/h3-6,9-10,12H,7-8H2,1-2H3,(H2,19,24)(H,20,25)/t10-,12+/m0/s1. The molecule has 138 valence electrons. The van der Waals surface area contributed by atoms with E-state index in [-0.39, 0.29) is 25.0 Å². The Morgan fingerprint density at radius 3 is 2.73 bits per heavy atom. The Balaban J connectivity index is 1.89. The van der Waals surface area contributed by atoms with Gasteiger partial charge >= 0.3 is 0 Å². The average Bonchev–Trinajstić information content (AvgIpc) is 3.22. The van der Waals surface area contributed by atoms with Crippen molar-refractivity contribution in [3.63, 3.8) is 0 Å². The molecule has 1 saturated heterocycles. The number of rotatable bonds is 5. The maximum atomic E-state index is 12.6. The molecular weight excluding hydrogens is 358 g/mol. The lowest BCUT2D eigenvalue weighted by Gasteiger charge is -2.14. The molecule has 2 aromatic rings. The maximum Gasteiger partial charge on any atom is 0.291 e. The van der Waals surface area contributed by atoms with Crippen LogP contribution in [0.25, 0.3) is 5.69 Å². The Morgan fingerprint density at radius 1 is 1.35 bits per heavy atom. The van der Waals surface area contributed by atoms with Crippen molar-refractivity contribution in [1.82, 2.24) is 20.1 Å². The highest BCUT2D eigenvalue weighted by Crippen LogP contribution is 2.24. The van der Waals surface area contributed by atoms with E-state index in [0.29, 0.717) is 16.5 Å². The van der Waals surface area contributed by atoms with Crippen molar-refractivity contribution in [3.05, 3.63) is 40.9 Å². The molecular formula is C17H20ClN5O3. The van der Waals surface area contributed by atoms with Crippen molar-refractivity contribution in [2.75, 3.05) is 13.2 Å². The number of ether oxygens (including phenoxy) is 1. The van der Waals surface area contributed by atoms with Gasteiger partial charge in [0.05, 0.1) is 35.9 Å². The second-order valence-corrected chi connectivity index (χ2v) is 6.84. The molecule has 1 aliphatic rings. The molecule has 1 aliphatic heterocycles. The Labute approximate surface area is 155 Å². The molecule has 0 bridgehead atoms. The third-order valence-electron chi connectivity index (χ3n) is 4.19. The van der Waals surface area contributed by atoms with Crippen molar-refractivity contribution in [3.8, 4) is 5.69 Å². The van der Waals surface area contributed by atoms with E-state index in [2.05, 4.69) is 15.4 Å². The van der Waals surface area contributed by atoms with Crippen LogP contribution >= 0.6 is 11.6 Å². The largest absolute Gasteiger partial charge is 0.378 e. The van der Waals surface area contributed by atoms with Crippen molar-refractivity contribution >= 4 is 23.4 Å². The topological polar surface area (TPSA) is 112 Å². The number of benzene rings is 1. The van der Waals surface area contributed by atoms with Gasteiger partial charge in [0.15, 0.2) is 0 Å². The van der Waals surface area contributed by atoms with Crippen molar-refractivity contribution < 1.29 is 14.3 Å². The van der Waals surface area contributed by atoms with E-state index in [1.165, 1.54) is 0 Å². The monoisotopic (exact) mass is 377 g/mol. The number of hydrogen-bond acceptors (Lipinski definition) is 5. The molecule has 8 nitrogen and oxygen atoms in total. The van der Waals surface area contributed by atoms with Gasteiger partial charge in [-0.1, -0.05) is 37.6 Å². The number of nitrogens with one attached hydrogen (secondary N) is 1. The number of nitrogens with zero attached hydrogens (tertiary/aromatic N) is 3. The van der Waals surface area contributed by atoms with Crippen LogP contribution in [0.4, 0.5) is 0 Å². The van der Waals surface area contributed by atoms with E-state index >= 15 is 0 Å². The quantitative estimate of drug-likeness (QED) is 0.814. The number of para-hydroxylation sites is 1. The Morgan fingerprint density at radius 2 is 2.08 bits per heavy atom. The highest BCUT2D eigenvalue weighted by Gasteiger charge is 2.34. The molecule has 9 heteroatoms. The van der Waals surface area contributed by atoms with Crippen LogP contribution in [0.2, 0.25) is 5.02 Å². The second kappa shape index (κ2) is 7.43. The molecule has 2 heterocycles. The zero-order valence-corrected chi connectivity index (χ0v) is 15.2. The molecule has 0 spiro atoms. The van der Waals surface area contributed by atoms with E-state index in [1.54, 1.807) is 16.8 Å². The smallest absolute Gasteiger partial charge is 0.291 e. The molecule has 2 amide bonds. The van der Waals surface area contributed by atoms with Crippen LogP contribution in [0.1, 0.15) is 36.2 Å². The average molecular weight is 378 g/mol. The predicted octanol–water partition coefficient (Wildman–Crippen LogP) is 1.27. The third-order valence-corrected chi connectivity index (χ3v) is 4.51. The minimum Gasteiger partial charge on any atom is -0.378 e. The first-order valence-corrected chi connectivity index (χ1v) is 8.66. The Bertz CT molecular complexity index is 836. The summed E-state index contributed by atoms with van der Waals surface area (Å²) in [6, 6.07) is 6.71. The fourth-order valence-corrected chi connectivity index (χ4v) is 3.02. The van der Waals surface area contributed by atoms with Crippen LogP contribution in [0, 0.1) is 5.92 Å². The number of hydrogen-bond donors (Lipinski definition) is 2. The molecule has 0 saturated carbocycles. The van der Waals surface area contributed by atoms with E-state index < -0.39 is 23.8 Å². The van der Waals surface area contributed by atoms with Gasteiger partial charge in [-0.05, 0) is 12.1 Å². The summed E-state index contributed by atoms with van der Waals surface area (Å²) in [5, 5.41) is 7.57. The Kier molecular flexibility index (Phi) is 5.24. The molecule has 2 atom stereocenters. The Hall–Kier alpha value is -2.45. The van der Waals surface area contributed by atoms with Gasteiger partial charge in [0.25, 0.3) is 5.91 Å². The first-order valence-electron chi connectivity index (χ1n) is 8.28. The minimum absolute atomic E-state index is 0.00346. The molecule has 3 rings (SSSR count). The van der Waals surface area contributed by atoms with Crippen LogP contribution in [0.3, 0.4) is 0 Å². The van der Waals surface area contributed by atoms with Crippen molar-refractivity contribution in [2.24, 2.45) is 11.7 Å². The predicted molar refractivity (Wildman–Crippen MR) is 95.2 cm³/mol. The zero-order valence-electron chi connectivity index (χ0n) is 14.5. The highest BCUT2D eigenvalue weighted by molar-refractivity contribution is 6.32. The van der Waals surface area contributed by atoms with Crippen LogP contribution in [0.5, 0.6) is 0 Å². The van der Waals surface area contributed by atoms with Crippen LogP contribution < -0.4 is 11.1 Å². The summed E-state index contributed by atoms with van der Waals surface area (Å²) in [6.07, 6.45) is 0. The molecule has 26 heavy (non-hydrogen) atoms. The van der Waals surface area contributed by atoms with Crippen molar-refractivity contribution in [1.29, 1.82) is 0 Å². The maximum absolute atomic E-state index is 12.6. The van der Waals surface area contributed by atoms with Gasteiger partial charge in [-0.25, -0.2) is 9.67 Å². The summed E-state index contributed by atoms with van der Waals surface area (Å²) >= 11 is 6.26. The van der Waals surface area contributed by atoms with E-state index in [4.69, 9.17) is 22.1 Å².